The van der Waals surface area contributed by atoms with Crippen LogP contribution in [0.25, 0.3) is 0 Å². The quantitative estimate of drug-likeness (QED) is 0.426. The van der Waals surface area contributed by atoms with Gasteiger partial charge in [0.1, 0.15) is 0 Å². The summed E-state index contributed by atoms with van der Waals surface area (Å²) in [5, 5.41) is 21.4. The van der Waals surface area contributed by atoms with E-state index in [9.17, 15) is 15.0 Å². The van der Waals surface area contributed by atoms with Gasteiger partial charge in [-0.2, -0.15) is 0 Å². The molecule has 184 valence electrons. The van der Waals surface area contributed by atoms with E-state index in [0.717, 1.165) is 44.9 Å². The molecule has 6 aliphatic rings. The third-order valence-electron chi connectivity index (χ3n) is 13.3. The maximum Gasteiger partial charge on any atom is 0.310 e. The van der Waals surface area contributed by atoms with Crippen molar-refractivity contribution in [2.45, 2.75) is 112 Å². The van der Waals surface area contributed by atoms with E-state index in [1.165, 1.54) is 19.3 Å². The lowest BCUT2D eigenvalue weighted by Crippen LogP contribution is -2.63. The summed E-state index contributed by atoms with van der Waals surface area (Å²) < 4.78 is 0. The van der Waals surface area contributed by atoms with Gasteiger partial charge in [-0.1, -0.05) is 53.2 Å². The SMILES string of the molecule is CC1(C)CC[C@]2(C(=O)O)C[C@@H]3C[C@]34C(=CC[C@H]3[C@@]5(C)CC[C@H](O)C(C)(C)[C@@H]5CC[C@]34C)[C@H]2C1. The summed E-state index contributed by atoms with van der Waals surface area (Å²) in [4.78, 5) is 12.8. The molecule has 0 bridgehead atoms. The molecular weight excluding hydrogens is 408 g/mol. The Bertz CT molecular complexity index is 931. The molecule has 0 amide bonds. The number of hydrogen-bond donors (Lipinski definition) is 2. The van der Waals surface area contributed by atoms with Gasteiger partial charge in [-0.05, 0) is 110 Å². The second-order valence-electron chi connectivity index (χ2n) is 15.3. The first-order chi connectivity index (χ1) is 15.2. The van der Waals surface area contributed by atoms with Gasteiger partial charge in [-0.3, -0.25) is 4.79 Å². The summed E-state index contributed by atoms with van der Waals surface area (Å²) in [6.07, 6.45) is 13.1. The molecule has 3 heteroatoms. The Balaban J connectivity index is 1.45. The highest BCUT2D eigenvalue weighted by Crippen LogP contribution is 2.84. The normalized spacial score (nSPS) is 55.6. The zero-order chi connectivity index (χ0) is 23.8. The van der Waals surface area contributed by atoms with Crippen LogP contribution in [-0.4, -0.2) is 22.3 Å². The molecule has 0 aromatic carbocycles. The molecule has 0 aromatic rings. The maximum absolute atomic E-state index is 12.8. The second-order valence-corrected chi connectivity index (χ2v) is 15.3. The van der Waals surface area contributed by atoms with Crippen molar-refractivity contribution in [1.82, 2.24) is 0 Å². The number of aliphatic hydroxyl groups excluding tert-OH is 1. The van der Waals surface area contributed by atoms with E-state index >= 15 is 0 Å². The van der Waals surface area contributed by atoms with Gasteiger partial charge in [-0.25, -0.2) is 0 Å². The molecule has 0 saturated heterocycles. The predicted molar refractivity (Wildman–Crippen MR) is 130 cm³/mol. The standard InChI is InChI=1S/C30H46O3/c1-25(2)13-14-29(24(32)33)15-18-16-30(18)19(20(29)17-25)7-8-22-27(5)11-10-23(31)26(3,4)21(27)9-12-28(22,30)6/h7,18,20-23,31H,8-17H2,1-6H3,(H,32,33)/t18-,20-,21+,22+,23+,27+,28-,29+,30-/m1/s1. The fourth-order valence-electron chi connectivity index (χ4n) is 11.5. The van der Waals surface area contributed by atoms with E-state index in [1.807, 2.05) is 0 Å². The minimum absolute atomic E-state index is 0.0165. The minimum Gasteiger partial charge on any atom is -0.481 e. The first-order valence-corrected chi connectivity index (χ1v) is 13.9. The van der Waals surface area contributed by atoms with Crippen LogP contribution in [0.5, 0.6) is 0 Å². The highest BCUT2D eigenvalue weighted by molar-refractivity contribution is 5.77. The number of aliphatic carboxylic acids is 1. The van der Waals surface area contributed by atoms with Gasteiger partial charge in [0.2, 0.25) is 0 Å². The molecule has 9 atom stereocenters. The van der Waals surface area contributed by atoms with Crippen molar-refractivity contribution in [3.63, 3.8) is 0 Å². The summed E-state index contributed by atoms with van der Waals surface area (Å²) in [6, 6.07) is 0. The Morgan fingerprint density at radius 3 is 2.33 bits per heavy atom. The monoisotopic (exact) mass is 454 g/mol. The topological polar surface area (TPSA) is 57.5 Å². The molecule has 5 fully saturated rings. The van der Waals surface area contributed by atoms with Crippen LogP contribution in [0, 0.1) is 56.2 Å². The number of carbonyl (C=O) groups is 1. The van der Waals surface area contributed by atoms with Crippen molar-refractivity contribution in [2.75, 3.05) is 0 Å². The van der Waals surface area contributed by atoms with E-state index in [1.54, 1.807) is 5.57 Å². The van der Waals surface area contributed by atoms with Gasteiger partial charge in [0, 0.05) is 5.41 Å². The van der Waals surface area contributed by atoms with Gasteiger partial charge in [0.15, 0.2) is 0 Å². The van der Waals surface area contributed by atoms with Crippen molar-refractivity contribution in [1.29, 1.82) is 0 Å². The van der Waals surface area contributed by atoms with Crippen LogP contribution in [0.2, 0.25) is 0 Å². The molecule has 1 spiro atoms. The van der Waals surface area contributed by atoms with Gasteiger partial charge >= 0.3 is 5.97 Å². The van der Waals surface area contributed by atoms with E-state index in [4.69, 9.17) is 0 Å². The predicted octanol–water partition coefficient (Wildman–Crippen LogP) is 6.84. The Labute approximate surface area is 200 Å². The second kappa shape index (κ2) is 6.29. The Hall–Kier alpha value is -0.830. The molecular formula is C30H46O3. The molecule has 33 heavy (non-hydrogen) atoms. The fourth-order valence-corrected chi connectivity index (χ4v) is 11.5. The third-order valence-corrected chi connectivity index (χ3v) is 13.3. The van der Waals surface area contributed by atoms with Crippen LogP contribution in [0.15, 0.2) is 11.6 Å². The number of carboxylic acids is 1. The first-order valence-electron chi connectivity index (χ1n) is 13.9. The molecule has 0 aromatic heterocycles. The largest absolute Gasteiger partial charge is 0.481 e. The number of aliphatic hydroxyl groups is 1. The molecule has 0 aliphatic heterocycles. The lowest BCUT2D eigenvalue weighted by atomic mass is 9.36. The lowest BCUT2D eigenvalue weighted by Gasteiger charge is -2.68. The summed E-state index contributed by atoms with van der Waals surface area (Å²) in [5.74, 6) is 1.50. The number of fused-ring (bicyclic) bond motifs is 5. The number of hydrogen-bond acceptors (Lipinski definition) is 2. The number of carboxylic acid groups (broad SMARTS) is 1. The fraction of sp³-hybridized carbons (Fsp3) is 0.900. The van der Waals surface area contributed by atoms with Crippen LogP contribution < -0.4 is 0 Å². The summed E-state index contributed by atoms with van der Waals surface area (Å²) in [6.45, 7) is 14.5. The van der Waals surface area contributed by atoms with Crippen molar-refractivity contribution >= 4 is 5.97 Å². The summed E-state index contributed by atoms with van der Waals surface area (Å²) >= 11 is 0. The molecule has 3 nitrogen and oxygen atoms in total. The van der Waals surface area contributed by atoms with Crippen molar-refractivity contribution < 1.29 is 15.0 Å². The van der Waals surface area contributed by atoms with Gasteiger partial charge in [0.25, 0.3) is 0 Å². The smallest absolute Gasteiger partial charge is 0.310 e. The summed E-state index contributed by atoms with van der Waals surface area (Å²) in [5.41, 5.74) is 2.08. The highest BCUT2D eigenvalue weighted by Gasteiger charge is 2.78. The average molecular weight is 455 g/mol. The molecule has 0 unspecified atom stereocenters. The van der Waals surface area contributed by atoms with Gasteiger partial charge in [0.05, 0.1) is 11.5 Å². The third kappa shape index (κ3) is 2.49. The lowest BCUT2D eigenvalue weighted by molar-refractivity contribution is -0.192. The van der Waals surface area contributed by atoms with Crippen LogP contribution in [0.3, 0.4) is 0 Å². The molecule has 6 rings (SSSR count). The molecule has 0 radical (unpaired) electrons. The molecule has 2 N–H and O–H groups in total. The van der Waals surface area contributed by atoms with E-state index < -0.39 is 11.4 Å². The maximum atomic E-state index is 12.8. The van der Waals surface area contributed by atoms with Gasteiger partial charge < -0.3 is 10.2 Å². The van der Waals surface area contributed by atoms with Crippen molar-refractivity contribution in [3.8, 4) is 0 Å². The molecule has 6 aliphatic carbocycles. The van der Waals surface area contributed by atoms with Crippen LogP contribution in [0.1, 0.15) is 106 Å². The highest BCUT2D eigenvalue weighted by atomic mass is 16.4. The van der Waals surface area contributed by atoms with Crippen molar-refractivity contribution in [2.24, 2.45) is 56.2 Å². The Morgan fingerprint density at radius 1 is 0.909 bits per heavy atom. The zero-order valence-electron chi connectivity index (χ0n) is 21.8. The number of allylic oxidation sites excluding steroid dienone is 2. The number of rotatable bonds is 1. The van der Waals surface area contributed by atoms with Crippen LogP contribution >= 0.6 is 0 Å². The minimum atomic E-state index is -0.521. The van der Waals surface area contributed by atoms with E-state index in [-0.39, 0.29) is 39.1 Å². The average Bonchev–Trinajstić information content (AvgIpc) is 3.44. The Kier molecular flexibility index (Phi) is 4.31. The summed E-state index contributed by atoms with van der Waals surface area (Å²) in [7, 11) is 0. The zero-order valence-corrected chi connectivity index (χ0v) is 21.8. The van der Waals surface area contributed by atoms with E-state index in [0.29, 0.717) is 17.8 Å². The van der Waals surface area contributed by atoms with Crippen LogP contribution in [0.4, 0.5) is 0 Å². The first kappa shape index (κ1) is 22.6. The molecule has 5 saturated carbocycles. The van der Waals surface area contributed by atoms with Gasteiger partial charge in [-0.15, -0.1) is 0 Å². The molecule has 0 heterocycles. The van der Waals surface area contributed by atoms with Crippen molar-refractivity contribution in [3.05, 3.63) is 11.6 Å². The van der Waals surface area contributed by atoms with E-state index in [2.05, 4.69) is 47.6 Å². The van der Waals surface area contributed by atoms with Crippen LogP contribution in [-0.2, 0) is 4.79 Å². The Morgan fingerprint density at radius 2 is 1.64 bits per heavy atom.